The first-order chi connectivity index (χ1) is 6.15. The van der Waals surface area contributed by atoms with Crippen molar-refractivity contribution in [1.82, 2.24) is 0 Å². The molecule has 1 aromatic carbocycles. The first-order valence-corrected chi connectivity index (χ1v) is 4.72. The van der Waals surface area contributed by atoms with E-state index in [1.54, 1.807) is 0 Å². The Balaban J connectivity index is 2.97. The zero-order chi connectivity index (χ0) is 9.84. The molecule has 0 spiro atoms. The average molecular weight is 197 g/mol. The third-order valence-electron chi connectivity index (χ3n) is 2.22. The fourth-order valence-electron chi connectivity index (χ4n) is 1.41. The molecular formula is C11H13ClO. The largest absolute Gasteiger partial charge is 0.303 e. The van der Waals surface area contributed by atoms with Crippen LogP contribution in [-0.2, 0) is 4.79 Å². The zero-order valence-corrected chi connectivity index (χ0v) is 8.64. The lowest BCUT2D eigenvalue weighted by Gasteiger charge is -2.11. The van der Waals surface area contributed by atoms with Crippen LogP contribution in [0.5, 0.6) is 0 Å². The molecule has 0 N–H and O–H groups in total. The molecule has 0 bridgehead atoms. The van der Waals surface area contributed by atoms with E-state index in [-0.39, 0.29) is 5.92 Å². The van der Waals surface area contributed by atoms with Gasteiger partial charge in [-0.15, -0.1) is 0 Å². The van der Waals surface area contributed by atoms with Gasteiger partial charge in [0.2, 0.25) is 0 Å². The van der Waals surface area contributed by atoms with E-state index >= 15 is 0 Å². The molecule has 0 aromatic heterocycles. The van der Waals surface area contributed by atoms with Gasteiger partial charge in [0.25, 0.3) is 0 Å². The fourth-order valence-corrected chi connectivity index (χ4v) is 1.59. The van der Waals surface area contributed by atoms with Crippen LogP contribution >= 0.6 is 11.6 Å². The Morgan fingerprint density at radius 3 is 2.85 bits per heavy atom. The third-order valence-corrected chi connectivity index (χ3v) is 2.46. The van der Waals surface area contributed by atoms with Gasteiger partial charge in [-0.1, -0.05) is 24.6 Å². The molecule has 1 rings (SSSR count). The van der Waals surface area contributed by atoms with Crippen molar-refractivity contribution in [2.24, 2.45) is 0 Å². The van der Waals surface area contributed by atoms with E-state index in [1.807, 2.05) is 32.0 Å². The summed E-state index contributed by atoms with van der Waals surface area (Å²) in [7, 11) is 0. The Hall–Kier alpha value is -0.820. The summed E-state index contributed by atoms with van der Waals surface area (Å²) in [4.78, 5) is 10.4. The van der Waals surface area contributed by atoms with Crippen LogP contribution in [0.4, 0.5) is 0 Å². The molecule has 1 atom stereocenters. The quantitative estimate of drug-likeness (QED) is 0.678. The van der Waals surface area contributed by atoms with Gasteiger partial charge in [0, 0.05) is 11.4 Å². The number of rotatable bonds is 3. The van der Waals surface area contributed by atoms with Crippen LogP contribution in [0.1, 0.15) is 30.4 Å². The molecule has 13 heavy (non-hydrogen) atoms. The summed E-state index contributed by atoms with van der Waals surface area (Å²) in [5, 5.41) is 0.735. The summed E-state index contributed by atoms with van der Waals surface area (Å²) in [5.41, 5.74) is 2.36. The molecule has 0 heterocycles. The highest BCUT2D eigenvalue weighted by molar-refractivity contribution is 6.30. The van der Waals surface area contributed by atoms with Crippen LogP contribution in [0.15, 0.2) is 18.2 Å². The first kappa shape index (κ1) is 10.3. The van der Waals surface area contributed by atoms with Crippen LogP contribution in [0, 0.1) is 6.92 Å². The summed E-state index contributed by atoms with van der Waals surface area (Å²) in [6.07, 6.45) is 1.51. The highest BCUT2D eigenvalue weighted by Crippen LogP contribution is 2.24. The van der Waals surface area contributed by atoms with E-state index in [4.69, 9.17) is 11.6 Å². The summed E-state index contributed by atoms with van der Waals surface area (Å²) in [5.74, 6) is 0.260. The van der Waals surface area contributed by atoms with Gasteiger partial charge in [0.05, 0.1) is 0 Å². The van der Waals surface area contributed by atoms with Gasteiger partial charge in [0.15, 0.2) is 0 Å². The molecule has 0 saturated heterocycles. The Morgan fingerprint density at radius 2 is 2.23 bits per heavy atom. The van der Waals surface area contributed by atoms with E-state index in [2.05, 4.69) is 0 Å². The molecular weight excluding hydrogens is 184 g/mol. The Bertz CT molecular complexity index is 307. The van der Waals surface area contributed by atoms with Gasteiger partial charge in [0.1, 0.15) is 6.29 Å². The van der Waals surface area contributed by atoms with Crippen molar-refractivity contribution in [3.05, 3.63) is 34.3 Å². The number of halogens is 1. The SMILES string of the molecule is Cc1ccc(Cl)cc1C(C)CC=O. The minimum absolute atomic E-state index is 0.260. The van der Waals surface area contributed by atoms with Crippen molar-refractivity contribution in [2.45, 2.75) is 26.2 Å². The van der Waals surface area contributed by atoms with E-state index in [9.17, 15) is 4.79 Å². The second kappa shape index (κ2) is 4.43. The van der Waals surface area contributed by atoms with Gasteiger partial charge in [-0.25, -0.2) is 0 Å². The van der Waals surface area contributed by atoms with Crippen LogP contribution in [0.2, 0.25) is 5.02 Å². The smallest absolute Gasteiger partial charge is 0.120 e. The minimum Gasteiger partial charge on any atom is -0.303 e. The fraction of sp³-hybridized carbons (Fsp3) is 0.364. The van der Waals surface area contributed by atoms with Crippen molar-refractivity contribution in [2.75, 3.05) is 0 Å². The summed E-state index contributed by atoms with van der Waals surface area (Å²) in [6, 6.07) is 5.79. The Morgan fingerprint density at radius 1 is 1.54 bits per heavy atom. The molecule has 0 aliphatic rings. The van der Waals surface area contributed by atoms with Crippen LogP contribution in [0.25, 0.3) is 0 Å². The van der Waals surface area contributed by atoms with Crippen molar-refractivity contribution in [3.63, 3.8) is 0 Å². The standard InChI is InChI=1S/C11H13ClO/c1-8-3-4-10(12)7-11(8)9(2)5-6-13/h3-4,6-7,9H,5H2,1-2H3. The van der Waals surface area contributed by atoms with Crippen molar-refractivity contribution in [1.29, 1.82) is 0 Å². The lowest BCUT2D eigenvalue weighted by Crippen LogP contribution is -1.97. The van der Waals surface area contributed by atoms with Gasteiger partial charge in [-0.3, -0.25) is 0 Å². The van der Waals surface area contributed by atoms with E-state index in [0.29, 0.717) is 6.42 Å². The van der Waals surface area contributed by atoms with E-state index in [0.717, 1.165) is 11.3 Å². The lowest BCUT2D eigenvalue weighted by atomic mass is 9.94. The highest BCUT2D eigenvalue weighted by atomic mass is 35.5. The molecule has 0 aliphatic carbocycles. The van der Waals surface area contributed by atoms with Crippen molar-refractivity contribution < 1.29 is 4.79 Å². The molecule has 2 heteroatoms. The molecule has 0 fully saturated rings. The second-order valence-electron chi connectivity index (χ2n) is 3.30. The Kier molecular flexibility index (Phi) is 3.49. The number of hydrogen-bond acceptors (Lipinski definition) is 1. The molecule has 1 aromatic rings. The Labute approximate surface area is 83.7 Å². The predicted molar refractivity (Wildman–Crippen MR) is 55.3 cm³/mol. The number of benzene rings is 1. The maximum atomic E-state index is 10.4. The van der Waals surface area contributed by atoms with Gasteiger partial charge in [-0.2, -0.15) is 0 Å². The topological polar surface area (TPSA) is 17.1 Å². The van der Waals surface area contributed by atoms with E-state index < -0.39 is 0 Å². The molecule has 70 valence electrons. The van der Waals surface area contributed by atoms with Crippen molar-refractivity contribution >= 4 is 17.9 Å². The second-order valence-corrected chi connectivity index (χ2v) is 3.74. The van der Waals surface area contributed by atoms with Crippen molar-refractivity contribution in [3.8, 4) is 0 Å². The highest BCUT2D eigenvalue weighted by Gasteiger charge is 2.07. The minimum atomic E-state index is 0.260. The predicted octanol–water partition coefficient (Wildman–Crippen LogP) is 3.34. The molecule has 1 unspecified atom stereocenters. The maximum Gasteiger partial charge on any atom is 0.120 e. The number of hydrogen-bond donors (Lipinski definition) is 0. The van der Waals surface area contributed by atoms with E-state index in [1.165, 1.54) is 11.1 Å². The first-order valence-electron chi connectivity index (χ1n) is 4.35. The zero-order valence-electron chi connectivity index (χ0n) is 7.88. The van der Waals surface area contributed by atoms with Crippen LogP contribution in [-0.4, -0.2) is 6.29 Å². The number of carbonyl (C=O) groups is 1. The molecule has 0 saturated carbocycles. The summed E-state index contributed by atoms with van der Waals surface area (Å²) < 4.78 is 0. The molecule has 0 amide bonds. The summed E-state index contributed by atoms with van der Waals surface area (Å²) in [6.45, 7) is 4.07. The lowest BCUT2D eigenvalue weighted by molar-refractivity contribution is -0.108. The number of aryl methyl sites for hydroxylation is 1. The maximum absolute atomic E-state index is 10.4. The average Bonchev–Trinajstić information content (AvgIpc) is 2.09. The van der Waals surface area contributed by atoms with Gasteiger partial charge >= 0.3 is 0 Å². The molecule has 1 nitrogen and oxygen atoms in total. The molecule has 0 radical (unpaired) electrons. The third kappa shape index (κ3) is 2.56. The number of aldehydes is 1. The van der Waals surface area contributed by atoms with Crippen LogP contribution in [0.3, 0.4) is 0 Å². The van der Waals surface area contributed by atoms with Gasteiger partial charge < -0.3 is 4.79 Å². The molecule has 0 aliphatic heterocycles. The summed E-state index contributed by atoms with van der Waals surface area (Å²) >= 11 is 5.87. The van der Waals surface area contributed by atoms with Gasteiger partial charge in [-0.05, 0) is 36.1 Å². The number of carbonyl (C=O) groups excluding carboxylic acids is 1. The normalized spacial score (nSPS) is 12.5. The monoisotopic (exact) mass is 196 g/mol. The van der Waals surface area contributed by atoms with Crippen LogP contribution < -0.4 is 0 Å².